The van der Waals surface area contributed by atoms with Crippen LogP contribution in [0.3, 0.4) is 0 Å². The zero-order chi connectivity index (χ0) is 13.0. The third kappa shape index (κ3) is 3.81. The summed E-state index contributed by atoms with van der Waals surface area (Å²) in [7, 11) is 0. The van der Waals surface area contributed by atoms with Crippen molar-refractivity contribution in [2.45, 2.75) is 52.0 Å². The summed E-state index contributed by atoms with van der Waals surface area (Å²) in [5.74, 6) is -0.135. The van der Waals surface area contributed by atoms with Crippen LogP contribution in [0.2, 0.25) is 0 Å². The maximum Gasteiger partial charge on any atom is 0.123 e. The van der Waals surface area contributed by atoms with Crippen molar-refractivity contribution in [3.05, 3.63) is 35.6 Å². The second-order valence-electron chi connectivity index (χ2n) is 5.87. The second kappa shape index (κ2) is 5.83. The second-order valence-corrected chi connectivity index (χ2v) is 5.87. The minimum absolute atomic E-state index is 0.135. The normalized spacial score (nSPS) is 18.6. The van der Waals surface area contributed by atoms with E-state index in [1.807, 2.05) is 6.07 Å². The van der Waals surface area contributed by atoms with Crippen molar-refractivity contribution in [2.24, 2.45) is 5.41 Å². The molecular formula is C16H24FN. The fourth-order valence-electron chi connectivity index (χ4n) is 2.70. The van der Waals surface area contributed by atoms with Crippen molar-refractivity contribution in [3.8, 4) is 0 Å². The lowest BCUT2D eigenvalue weighted by Gasteiger charge is -2.19. The fourth-order valence-corrected chi connectivity index (χ4v) is 2.70. The summed E-state index contributed by atoms with van der Waals surface area (Å²) >= 11 is 0. The number of benzene rings is 1. The Morgan fingerprint density at radius 3 is 2.78 bits per heavy atom. The lowest BCUT2D eigenvalue weighted by atomic mass is 9.99. The van der Waals surface area contributed by atoms with Gasteiger partial charge in [-0.1, -0.05) is 25.5 Å². The molecule has 0 radical (unpaired) electrons. The van der Waals surface area contributed by atoms with E-state index in [-0.39, 0.29) is 5.82 Å². The van der Waals surface area contributed by atoms with Crippen LogP contribution in [0.4, 0.5) is 4.39 Å². The molecule has 1 aliphatic rings. The predicted molar refractivity (Wildman–Crippen MR) is 74.1 cm³/mol. The average Bonchev–Trinajstić information content (AvgIpc) is 3.08. The Hall–Kier alpha value is -0.890. The molecule has 0 aliphatic heterocycles. The quantitative estimate of drug-likeness (QED) is 0.772. The fraction of sp³-hybridized carbons (Fsp3) is 0.625. The molecule has 2 heteroatoms. The molecule has 0 amide bonds. The van der Waals surface area contributed by atoms with Crippen LogP contribution in [0.5, 0.6) is 0 Å². The third-order valence-electron chi connectivity index (χ3n) is 3.99. The molecule has 0 saturated heterocycles. The first-order valence-electron chi connectivity index (χ1n) is 7.11. The Bertz CT molecular complexity index is 384. The van der Waals surface area contributed by atoms with E-state index in [2.05, 4.69) is 19.2 Å². The van der Waals surface area contributed by atoms with Crippen LogP contribution in [-0.4, -0.2) is 12.6 Å². The summed E-state index contributed by atoms with van der Waals surface area (Å²) in [4.78, 5) is 0. The molecule has 1 fully saturated rings. The van der Waals surface area contributed by atoms with Gasteiger partial charge in [-0.05, 0) is 55.7 Å². The SMILES string of the molecule is CCCC1(CNC(C)Cc2cccc(F)c2)CC1. The summed E-state index contributed by atoms with van der Waals surface area (Å²) in [6, 6.07) is 7.34. The molecule has 2 rings (SSSR count). The molecule has 0 spiro atoms. The van der Waals surface area contributed by atoms with E-state index >= 15 is 0 Å². The van der Waals surface area contributed by atoms with Crippen LogP contribution in [0, 0.1) is 11.2 Å². The minimum Gasteiger partial charge on any atom is -0.313 e. The van der Waals surface area contributed by atoms with Gasteiger partial charge in [0, 0.05) is 12.6 Å². The first-order valence-corrected chi connectivity index (χ1v) is 7.11. The van der Waals surface area contributed by atoms with Crippen LogP contribution in [-0.2, 0) is 6.42 Å². The largest absolute Gasteiger partial charge is 0.313 e. The molecule has 0 bridgehead atoms. The molecule has 1 aromatic rings. The summed E-state index contributed by atoms with van der Waals surface area (Å²) in [6.07, 6.45) is 6.27. The molecule has 1 saturated carbocycles. The summed E-state index contributed by atoms with van der Waals surface area (Å²) in [5.41, 5.74) is 1.67. The van der Waals surface area contributed by atoms with Gasteiger partial charge in [0.15, 0.2) is 0 Å². The van der Waals surface area contributed by atoms with Crippen molar-refractivity contribution in [1.29, 1.82) is 0 Å². The van der Waals surface area contributed by atoms with Gasteiger partial charge in [-0.3, -0.25) is 0 Å². The molecule has 100 valence electrons. The smallest absolute Gasteiger partial charge is 0.123 e. The molecule has 1 unspecified atom stereocenters. The predicted octanol–water partition coefficient (Wildman–Crippen LogP) is 3.93. The monoisotopic (exact) mass is 249 g/mol. The Labute approximate surface area is 110 Å². The van der Waals surface area contributed by atoms with E-state index in [1.165, 1.54) is 31.7 Å². The van der Waals surface area contributed by atoms with E-state index in [1.54, 1.807) is 12.1 Å². The molecule has 1 nitrogen and oxygen atoms in total. The lowest BCUT2D eigenvalue weighted by molar-refractivity contribution is 0.392. The van der Waals surface area contributed by atoms with Crippen LogP contribution in [0.15, 0.2) is 24.3 Å². The van der Waals surface area contributed by atoms with Gasteiger partial charge in [0.05, 0.1) is 0 Å². The van der Waals surface area contributed by atoms with Crippen LogP contribution >= 0.6 is 0 Å². The zero-order valence-electron chi connectivity index (χ0n) is 11.5. The van der Waals surface area contributed by atoms with Gasteiger partial charge in [0.2, 0.25) is 0 Å². The zero-order valence-corrected chi connectivity index (χ0v) is 11.5. The molecule has 1 atom stereocenters. The first kappa shape index (κ1) is 13.5. The topological polar surface area (TPSA) is 12.0 Å². The highest BCUT2D eigenvalue weighted by atomic mass is 19.1. The lowest BCUT2D eigenvalue weighted by Crippen LogP contribution is -2.33. The maximum atomic E-state index is 13.1. The van der Waals surface area contributed by atoms with Crippen LogP contribution < -0.4 is 5.32 Å². The molecule has 1 aromatic carbocycles. The maximum absolute atomic E-state index is 13.1. The molecule has 0 aromatic heterocycles. The van der Waals surface area contributed by atoms with E-state index in [9.17, 15) is 4.39 Å². The number of nitrogens with one attached hydrogen (secondary N) is 1. The van der Waals surface area contributed by atoms with Gasteiger partial charge in [0.1, 0.15) is 5.82 Å². The van der Waals surface area contributed by atoms with Crippen molar-refractivity contribution in [3.63, 3.8) is 0 Å². The molecule has 1 N–H and O–H groups in total. The number of rotatable bonds is 7. The van der Waals surface area contributed by atoms with Crippen molar-refractivity contribution >= 4 is 0 Å². The van der Waals surface area contributed by atoms with Crippen molar-refractivity contribution < 1.29 is 4.39 Å². The van der Waals surface area contributed by atoms with Gasteiger partial charge in [0.25, 0.3) is 0 Å². The van der Waals surface area contributed by atoms with Crippen LogP contribution in [0.1, 0.15) is 45.1 Å². The van der Waals surface area contributed by atoms with E-state index in [0.29, 0.717) is 11.5 Å². The van der Waals surface area contributed by atoms with Gasteiger partial charge in [-0.2, -0.15) is 0 Å². The van der Waals surface area contributed by atoms with Gasteiger partial charge < -0.3 is 5.32 Å². The summed E-state index contributed by atoms with van der Waals surface area (Å²) < 4.78 is 13.1. The van der Waals surface area contributed by atoms with Gasteiger partial charge in [-0.15, -0.1) is 0 Å². The molecule has 18 heavy (non-hydrogen) atoms. The van der Waals surface area contributed by atoms with Gasteiger partial charge >= 0.3 is 0 Å². The van der Waals surface area contributed by atoms with Crippen LogP contribution in [0.25, 0.3) is 0 Å². The number of hydrogen-bond acceptors (Lipinski definition) is 1. The van der Waals surface area contributed by atoms with E-state index in [4.69, 9.17) is 0 Å². The highest BCUT2D eigenvalue weighted by molar-refractivity contribution is 5.17. The Morgan fingerprint density at radius 2 is 2.17 bits per heavy atom. The standard InChI is InChI=1S/C16H24FN/c1-3-7-16(8-9-16)12-18-13(2)10-14-5-4-6-15(17)11-14/h4-6,11,13,18H,3,7-10,12H2,1-2H3. The Morgan fingerprint density at radius 1 is 1.39 bits per heavy atom. The highest BCUT2D eigenvalue weighted by Gasteiger charge is 2.40. The van der Waals surface area contributed by atoms with E-state index in [0.717, 1.165) is 18.5 Å². The Kier molecular flexibility index (Phi) is 4.39. The Balaban J connectivity index is 1.77. The molecule has 1 aliphatic carbocycles. The average molecular weight is 249 g/mol. The minimum atomic E-state index is -0.135. The van der Waals surface area contributed by atoms with Crippen molar-refractivity contribution in [1.82, 2.24) is 5.32 Å². The summed E-state index contributed by atoms with van der Waals surface area (Å²) in [6.45, 7) is 5.57. The highest BCUT2D eigenvalue weighted by Crippen LogP contribution is 2.48. The van der Waals surface area contributed by atoms with E-state index < -0.39 is 0 Å². The van der Waals surface area contributed by atoms with Gasteiger partial charge in [-0.25, -0.2) is 4.39 Å². The number of hydrogen-bond donors (Lipinski definition) is 1. The molecule has 0 heterocycles. The number of halogens is 1. The first-order chi connectivity index (χ1) is 8.63. The van der Waals surface area contributed by atoms with Crippen molar-refractivity contribution in [2.75, 3.05) is 6.54 Å². The third-order valence-corrected chi connectivity index (χ3v) is 3.99. The summed E-state index contributed by atoms with van der Waals surface area (Å²) in [5, 5.41) is 3.62. The molecular weight excluding hydrogens is 225 g/mol.